The zero-order chi connectivity index (χ0) is 26.4. The average Bonchev–Trinajstić information content (AvgIpc) is 3.32. The van der Waals surface area contributed by atoms with Gasteiger partial charge in [-0.2, -0.15) is 5.10 Å². The molecule has 0 N–H and O–H groups in total. The lowest BCUT2D eigenvalue weighted by Gasteiger charge is -2.32. The summed E-state index contributed by atoms with van der Waals surface area (Å²) in [6.07, 6.45) is 0. The molecular formula is C27H29N5O5S. The van der Waals surface area contributed by atoms with Crippen LogP contribution >= 0.6 is 0 Å². The number of likely N-dealkylation sites (N-methyl/N-ethyl adjacent to an activating group) is 1. The molecule has 2 fully saturated rings. The van der Waals surface area contributed by atoms with Gasteiger partial charge in [-0.3, -0.25) is 9.59 Å². The van der Waals surface area contributed by atoms with Gasteiger partial charge in [0.1, 0.15) is 0 Å². The van der Waals surface area contributed by atoms with Crippen LogP contribution in [-0.4, -0.2) is 104 Å². The second-order valence-electron chi connectivity index (χ2n) is 9.89. The average molecular weight is 536 g/mol. The van der Waals surface area contributed by atoms with Crippen LogP contribution in [0.15, 0.2) is 53.4 Å². The van der Waals surface area contributed by atoms with E-state index in [1.165, 1.54) is 6.07 Å². The number of fused-ring (bicyclic) bond motifs is 3. The molecule has 38 heavy (non-hydrogen) atoms. The molecule has 0 aliphatic carbocycles. The Morgan fingerprint density at radius 3 is 2.26 bits per heavy atom. The minimum atomic E-state index is -3.77. The Kier molecular flexibility index (Phi) is 6.29. The highest BCUT2D eigenvalue weighted by atomic mass is 32.2. The Hall–Kier alpha value is -3.54. The normalized spacial score (nSPS) is 19.1. The number of carbonyl (C=O) groups excluding carboxylic acids is 2. The minimum absolute atomic E-state index is 0.121. The van der Waals surface area contributed by atoms with Gasteiger partial charge in [-0.05, 0) is 37.4 Å². The fourth-order valence-corrected chi connectivity index (χ4v) is 6.86. The van der Waals surface area contributed by atoms with Gasteiger partial charge in [0.2, 0.25) is 0 Å². The first-order valence-corrected chi connectivity index (χ1v) is 14.4. The predicted molar refractivity (Wildman–Crippen MR) is 140 cm³/mol. The summed E-state index contributed by atoms with van der Waals surface area (Å²) in [4.78, 5) is 32.7. The molecule has 3 aliphatic heterocycles. The van der Waals surface area contributed by atoms with E-state index in [0.29, 0.717) is 67.5 Å². The molecule has 3 aliphatic rings. The van der Waals surface area contributed by atoms with Crippen molar-refractivity contribution in [1.29, 1.82) is 0 Å². The lowest BCUT2D eigenvalue weighted by atomic mass is 10.0. The number of carbonyl (C=O) groups is 2. The summed E-state index contributed by atoms with van der Waals surface area (Å²) in [6, 6.07) is 14.1. The third-order valence-electron chi connectivity index (χ3n) is 7.43. The first-order chi connectivity index (χ1) is 18.3. The zero-order valence-electron chi connectivity index (χ0n) is 21.2. The van der Waals surface area contributed by atoms with Crippen LogP contribution in [0.2, 0.25) is 0 Å². The number of hydrogen-bond acceptors (Lipinski definition) is 7. The maximum absolute atomic E-state index is 13.6. The Morgan fingerprint density at radius 2 is 1.55 bits per heavy atom. The van der Waals surface area contributed by atoms with Crippen LogP contribution in [0, 0.1) is 0 Å². The lowest BCUT2D eigenvalue weighted by molar-refractivity contribution is 0.0298. The fraction of sp³-hybridized carbons (Fsp3) is 0.370. The van der Waals surface area contributed by atoms with Gasteiger partial charge in [0, 0.05) is 56.0 Å². The van der Waals surface area contributed by atoms with Gasteiger partial charge < -0.3 is 19.4 Å². The Labute approximate surface area is 221 Å². The number of amides is 2. The molecule has 2 aromatic carbocycles. The number of rotatable bonds is 3. The largest absolute Gasteiger partial charge is 0.378 e. The van der Waals surface area contributed by atoms with E-state index in [2.05, 4.69) is 4.90 Å². The molecule has 0 unspecified atom stereocenters. The second-order valence-corrected chi connectivity index (χ2v) is 11.9. The van der Waals surface area contributed by atoms with E-state index in [1.54, 1.807) is 26.6 Å². The van der Waals surface area contributed by atoms with Gasteiger partial charge in [-0.1, -0.05) is 18.2 Å². The summed E-state index contributed by atoms with van der Waals surface area (Å²) in [5, 5.41) is 4.69. The molecule has 4 heterocycles. The third kappa shape index (κ3) is 4.30. The van der Waals surface area contributed by atoms with Crippen LogP contribution in [0.4, 0.5) is 0 Å². The summed E-state index contributed by atoms with van der Waals surface area (Å²) in [7, 11) is -1.74. The zero-order valence-corrected chi connectivity index (χ0v) is 22.0. The number of ether oxygens (including phenoxy) is 1. The van der Waals surface area contributed by atoms with Gasteiger partial charge in [0.25, 0.3) is 11.8 Å². The summed E-state index contributed by atoms with van der Waals surface area (Å²) in [5.41, 5.74) is 2.52. The molecule has 2 amide bonds. The van der Waals surface area contributed by atoms with Crippen LogP contribution in [0.1, 0.15) is 26.4 Å². The smallest absolute Gasteiger partial charge is 0.274 e. The maximum atomic E-state index is 13.6. The highest BCUT2D eigenvalue weighted by Crippen LogP contribution is 2.41. The standard InChI is InChI=1S/C27H29N5O5S/c1-29-9-11-30(12-10-29)26(33)19-7-8-23-21(17-19)25-22(18-38(23,35)36)24(27(34)31-13-15-37-16-14-31)28-32(25)20-5-3-2-4-6-20/h2-8,17H,9-16,18H2,1H3. The van der Waals surface area contributed by atoms with Gasteiger partial charge in [-0.15, -0.1) is 0 Å². The molecule has 0 bridgehead atoms. The van der Waals surface area contributed by atoms with Crippen molar-refractivity contribution in [2.45, 2.75) is 10.6 Å². The molecule has 11 heteroatoms. The van der Waals surface area contributed by atoms with E-state index in [1.807, 2.05) is 37.4 Å². The summed E-state index contributed by atoms with van der Waals surface area (Å²) >= 11 is 0. The van der Waals surface area contributed by atoms with E-state index in [4.69, 9.17) is 9.84 Å². The number of aromatic nitrogens is 2. The number of sulfone groups is 1. The molecule has 198 valence electrons. The van der Waals surface area contributed by atoms with Crippen molar-refractivity contribution in [3.05, 3.63) is 65.4 Å². The van der Waals surface area contributed by atoms with Crippen molar-refractivity contribution < 1.29 is 22.7 Å². The van der Waals surface area contributed by atoms with Crippen molar-refractivity contribution in [1.82, 2.24) is 24.5 Å². The third-order valence-corrected chi connectivity index (χ3v) is 9.12. The van der Waals surface area contributed by atoms with E-state index < -0.39 is 9.84 Å². The number of piperazine rings is 1. The highest BCUT2D eigenvalue weighted by molar-refractivity contribution is 7.90. The molecule has 10 nitrogen and oxygen atoms in total. The number of morpholine rings is 1. The van der Waals surface area contributed by atoms with Crippen molar-refractivity contribution in [2.24, 2.45) is 0 Å². The molecule has 6 rings (SSSR count). The Bertz CT molecular complexity index is 1500. The summed E-state index contributed by atoms with van der Waals surface area (Å²) < 4.78 is 34.0. The molecule has 3 aromatic rings. The molecular weight excluding hydrogens is 506 g/mol. The van der Waals surface area contributed by atoms with Crippen molar-refractivity contribution in [3.8, 4) is 16.9 Å². The first kappa shape index (κ1) is 24.8. The maximum Gasteiger partial charge on any atom is 0.274 e. The van der Waals surface area contributed by atoms with Gasteiger partial charge in [-0.25, -0.2) is 13.1 Å². The molecule has 2 saturated heterocycles. The number of nitrogens with zero attached hydrogens (tertiary/aromatic N) is 5. The molecule has 0 saturated carbocycles. The van der Waals surface area contributed by atoms with Crippen LogP contribution in [0.25, 0.3) is 16.9 Å². The van der Waals surface area contributed by atoms with Crippen molar-refractivity contribution in [3.63, 3.8) is 0 Å². The Morgan fingerprint density at radius 1 is 0.868 bits per heavy atom. The minimum Gasteiger partial charge on any atom is -0.378 e. The van der Waals surface area contributed by atoms with Crippen LogP contribution < -0.4 is 0 Å². The monoisotopic (exact) mass is 535 g/mol. The summed E-state index contributed by atoms with van der Waals surface area (Å²) in [6.45, 7) is 4.45. The van der Waals surface area contributed by atoms with Crippen molar-refractivity contribution in [2.75, 3.05) is 59.5 Å². The number of para-hydroxylation sites is 1. The highest BCUT2D eigenvalue weighted by Gasteiger charge is 2.38. The number of benzene rings is 2. The van der Waals surface area contributed by atoms with E-state index in [0.717, 1.165) is 13.1 Å². The van der Waals surface area contributed by atoms with E-state index in [-0.39, 0.29) is 28.2 Å². The fourth-order valence-electron chi connectivity index (χ4n) is 5.29. The molecule has 0 radical (unpaired) electrons. The first-order valence-electron chi connectivity index (χ1n) is 12.7. The van der Waals surface area contributed by atoms with Crippen LogP contribution in [0.3, 0.4) is 0 Å². The number of hydrogen-bond donors (Lipinski definition) is 0. The van der Waals surface area contributed by atoms with E-state index >= 15 is 0 Å². The molecule has 0 atom stereocenters. The van der Waals surface area contributed by atoms with E-state index in [9.17, 15) is 18.0 Å². The van der Waals surface area contributed by atoms with Gasteiger partial charge in [0.05, 0.1) is 35.2 Å². The van der Waals surface area contributed by atoms with Crippen LogP contribution in [-0.2, 0) is 20.3 Å². The topological polar surface area (TPSA) is 105 Å². The van der Waals surface area contributed by atoms with Gasteiger partial charge >= 0.3 is 0 Å². The Balaban J connectivity index is 1.51. The summed E-state index contributed by atoms with van der Waals surface area (Å²) in [5.74, 6) is -0.789. The van der Waals surface area contributed by atoms with Crippen molar-refractivity contribution >= 4 is 21.7 Å². The van der Waals surface area contributed by atoms with Crippen LogP contribution in [0.5, 0.6) is 0 Å². The second kappa shape index (κ2) is 9.64. The predicted octanol–water partition coefficient (Wildman–Crippen LogP) is 1.69. The quantitative estimate of drug-likeness (QED) is 0.503. The SMILES string of the molecule is CN1CCN(C(=O)c2ccc3c(c2)-c2c(c(C(=O)N4CCOCC4)nn2-c2ccccc2)CS3(=O)=O)CC1. The molecule has 0 spiro atoms. The van der Waals surface area contributed by atoms with Gasteiger partial charge in [0.15, 0.2) is 15.5 Å². The lowest BCUT2D eigenvalue weighted by Crippen LogP contribution is -2.47. The molecule has 1 aromatic heterocycles.